The van der Waals surface area contributed by atoms with Gasteiger partial charge in [-0.25, -0.2) is 4.98 Å². The van der Waals surface area contributed by atoms with Crippen molar-refractivity contribution in [3.05, 3.63) is 58.5 Å². The third kappa shape index (κ3) is 2.36. The second-order valence-electron chi connectivity index (χ2n) is 4.26. The molecule has 3 aromatic rings. The highest BCUT2D eigenvalue weighted by Crippen LogP contribution is 2.20. The summed E-state index contributed by atoms with van der Waals surface area (Å²) >= 11 is 1.74. The summed E-state index contributed by atoms with van der Waals surface area (Å²) in [7, 11) is 0. The summed E-state index contributed by atoms with van der Waals surface area (Å²) in [5, 5.41) is 7.09. The van der Waals surface area contributed by atoms with E-state index in [1.54, 1.807) is 11.3 Å². The van der Waals surface area contributed by atoms with E-state index in [-0.39, 0.29) is 0 Å². The van der Waals surface area contributed by atoms with E-state index in [0.717, 1.165) is 17.2 Å². The van der Waals surface area contributed by atoms with Gasteiger partial charge in [0.05, 0.1) is 11.6 Å². The zero-order valence-corrected chi connectivity index (χ0v) is 11.0. The lowest BCUT2D eigenvalue weighted by molar-refractivity contribution is 1.17. The SMILES string of the molecule is Cc1ncc(CNc2ccc3ccccc3c2)s1. The van der Waals surface area contributed by atoms with Crippen LogP contribution in [0.2, 0.25) is 0 Å². The van der Waals surface area contributed by atoms with E-state index in [2.05, 4.69) is 52.8 Å². The predicted octanol–water partition coefficient (Wildman–Crippen LogP) is 4.22. The number of rotatable bonds is 3. The average molecular weight is 254 g/mol. The molecule has 2 aromatic carbocycles. The Kier molecular flexibility index (Phi) is 2.99. The highest BCUT2D eigenvalue weighted by atomic mass is 32.1. The second-order valence-corrected chi connectivity index (χ2v) is 5.58. The van der Waals surface area contributed by atoms with Gasteiger partial charge in [-0.1, -0.05) is 30.3 Å². The Hall–Kier alpha value is -1.87. The first kappa shape index (κ1) is 11.2. The van der Waals surface area contributed by atoms with Crippen LogP contribution < -0.4 is 5.32 Å². The summed E-state index contributed by atoms with van der Waals surface area (Å²) in [6.45, 7) is 2.87. The Morgan fingerprint density at radius 3 is 2.72 bits per heavy atom. The van der Waals surface area contributed by atoms with E-state index in [1.807, 2.05) is 13.1 Å². The number of anilines is 1. The minimum Gasteiger partial charge on any atom is -0.380 e. The van der Waals surface area contributed by atoms with Gasteiger partial charge in [-0.3, -0.25) is 0 Å². The fourth-order valence-corrected chi connectivity index (χ4v) is 2.71. The first-order valence-electron chi connectivity index (χ1n) is 5.95. The Balaban J connectivity index is 1.78. The third-order valence-electron chi connectivity index (χ3n) is 2.89. The van der Waals surface area contributed by atoms with E-state index in [1.165, 1.54) is 15.6 Å². The number of nitrogens with one attached hydrogen (secondary N) is 1. The molecule has 0 atom stereocenters. The Labute approximate surface area is 110 Å². The molecule has 1 N–H and O–H groups in total. The highest BCUT2D eigenvalue weighted by molar-refractivity contribution is 7.11. The lowest BCUT2D eigenvalue weighted by Gasteiger charge is -2.06. The van der Waals surface area contributed by atoms with Gasteiger partial charge < -0.3 is 5.32 Å². The van der Waals surface area contributed by atoms with E-state index in [0.29, 0.717) is 0 Å². The molecule has 90 valence electrons. The molecule has 0 radical (unpaired) electrons. The minimum atomic E-state index is 0.837. The van der Waals surface area contributed by atoms with E-state index >= 15 is 0 Å². The van der Waals surface area contributed by atoms with Crippen LogP contribution in [0.15, 0.2) is 48.7 Å². The minimum absolute atomic E-state index is 0.837. The molecule has 3 rings (SSSR count). The van der Waals surface area contributed by atoms with Crippen molar-refractivity contribution in [2.24, 2.45) is 0 Å². The molecule has 0 aliphatic carbocycles. The standard InChI is InChI=1S/C15H14N2S/c1-11-16-9-15(18-11)10-17-14-7-6-12-4-2-3-5-13(12)8-14/h2-9,17H,10H2,1H3. The van der Waals surface area contributed by atoms with Gasteiger partial charge >= 0.3 is 0 Å². The second kappa shape index (κ2) is 4.78. The first-order chi connectivity index (χ1) is 8.81. The number of hydrogen-bond acceptors (Lipinski definition) is 3. The summed E-state index contributed by atoms with van der Waals surface area (Å²) in [6.07, 6.45) is 1.94. The summed E-state index contributed by atoms with van der Waals surface area (Å²) < 4.78 is 0. The van der Waals surface area contributed by atoms with Crippen LogP contribution in [0.25, 0.3) is 10.8 Å². The summed E-state index contributed by atoms with van der Waals surface area (Å²) in [6, 6.07) is 14.9. The van der Waals surface area contributed by atoms with Crippen molar-refractivity contribution in [1.29, 1.82) is 0 Å². The van der Waals surface area contributed by atoms with Crippen molar-refractivity contribution in [2.75, 3.05) is 5.32 Å². The lowest BCUT2D eigenvalue weighted by atomic mass is 10.1. The maximum Gasteiger partial charge on any atom is 0.0897 e. The summed E-state index contributed by atoms with van der Waals surface area (Å²) in [4.78, 5) is 5.52. The average Bonchev–Trinajstić information content (AvgIpc) is 2.82. The van der Waals surface area contributed by atoms with Crippen LogP contribution in [0.3, 0.4) is 0 Å². The molecule has 0 bridgehead atoms. The molecule has 0 aliphatic rings. The molecular weight excluding hydrogens is 240 g/mol. The number of aromatic nitrogens is 1. The van der Waals surface area contributed by atoms with Crippen LogP contribution >= 0.6 is 11.3 Å². The van der Waals surface area contributed by atoms with Crippen molar-refractivity contribution >= 4 is 27.8 Å². The maximum atomic E-state index is 4.26. The van der Waals surface area contributed by atoms with Crippen LogP contribution in [-0.4, -0.2) is 4.98 Å². The molecule has 1 heterocycles. The topological polar surface area (TPSA) is 24.9 Å². The molecule has 0 saturated carbocycles. The van der Waals surface area contributed by atoms with E-state index < -0.39 is 0 Å². The molecule has 0 saturated heterocycles. The van der Waals surface area contributed by atoms with Crippen molar-refractivity contribution in [3.8, 4) is 0 Å². The number of thiazole rings is 1. The molecule has 0 unspecified atom stereocenters. The fraction of sp³-hybridized carbons (Fsp3) is 0.133. The fourth-order valence-electron chi connectivity index (χ4n) is 1.98. The number of aryl methyl sites for hydroxylation is 1. The van der Waals surface area contributed by atoms with Crippen LogP contribution in [0.1, 0.15) is 9.88 Å². The Morgan fingerprint density at radius 2 is 1.94 bits per heavy atom. The van der Waals surface area contributed by atoms with Crippen LogP contribution in [0.4, 0.5) is 5.69 Å². The Bertz CT molecular complexity index is 673. The van der Waals surface area contributed by atoms with E-state index in [9.17, 15) is 0 Å². The molecular formula is C15H14N2S. The van der Waals surface area contributed by atoms with Gasteiger partial charge in [-0.05, 0) is 29.8 Å². The first-order valence-corrected chi connectivity index (χ1v) is 6.77. The summed E-state index contributed by atoms with van der Waals surface area (Å²) in [5.74, 6) is 0. The predicted molar refractivity (Wildman–Crippen MR) is 78.1 cm³/mol. The molecule has 1 aromatic heterocycles. The quantitative estimate of drug-likeness (QED) is 0.757. The van der Waals surface area contributed by atoms with Gasteiger partial charge in [-0.15, -0.1) is 11.3 Å². The normalized spacial score (nSPS) is 10.7. The van der Waals surface area contributed by atoms with Crippen LogP contribution in [0.5, 0.6) is 0 Å². The largest absolute Gasteiger partial charge is 0.380 e. The zero-order valence-electron chi connectivity index (χ0n) is 10.2. The maximum absolute atomic E-state index is 4.26. The third-order valence-corrected chi connectivity index (χ3v) is 3.80. The molecule has 0 amide bonds. The zero-order chi connectivity index (χ0) is 12.4. The van der Waals surface area contributed by atoms with Gasteiger partial charge in [0.2, 0.25) is 0 Å². The number of nitrogens with zero attached hydrogens (tertiary/aromatic N) is 1. The molecule has 0 aliphatic heterocycles. The van der Waals surface area contributed by atoms with Crippen LogP contribution in [-0.2, 0) is 6.54 Å². The molecule has 2 nitrogen and oxygen atoms in total. The van der Waals surface area contributed by atoms with Gasteiger partial charge in [0.15, 0.2) is 0 Å². The monoisotopic (exact) mass is 254 g/mol. The van der Waals surface area contributed by atoms with Gasteiger partial charge in [0, 0.05) is 16.8 Å². The Morgan fingerprint density at radius 1 is 1.11 bits per heavy atom. The van der Waals surface area contributed by atoms with Crippen molar-refractivity contribution < 1.29 is 0 Å². The molecule has 0 spiro atoms. The van der Waals surface area contributed by atoms with Crippen molar-refractivity contribution in [2.45, 2.75) is 13.5 Å². The van der Waals surface area contributed by atoms with E-state index in [4.69, 9.17) is 0 Å². The highest BCUT2D eigenvalue weighted by Gasteiger charge is 1.99. The molecule has 3 heteroatoms. The number of benzene rings is 2. The molecule has 0 fully saturated rings. The lowest BCUT2D eigenvalue weighted by Crippen LogP contribution is -1.96. The smallest absolute Gasteiger partial charge is 0.0897 e. The van der Waals surface area contributed by atoms with Crippen LogP contribution in [0, 0.1) is 6.92 Å². The summed E-state index contributed by atoms with van der Waals surface area (Å²) in [5.41, 5.74) is 1.15. The van der Waals surface area contributed by atoms with Crippen molar-refractivity contribution in [3.63, 3.8) is 0 Å². The van der Waals surface area contributed by atoms with Crippen molar-refractivity contribution in [1.82, 2.24) is 4.98 Å². The van der Waals surface area contributed by atoms with Gasteiger partial charge in [-0.2, -0.15) is 0 Å². The number of hydrogen-bond donors (Lipinski definition) is 1. The van der Waals surface area contributed by atoms with Gasteiger partial charge in [0.25, 0.3) is 0 Å². The molecule has 18 heavy (non-hydrogen) atoms. The number of fused-ring (bicyclic) bond motifs is 1. The van der Waals surface area contributed by atoms with Gasteiger partial charge in [0.1, 0.15) is 0 Å².